The van der Waals surface area contributed by atoms with Crippen LogP contribution in [0.2, 0.25) is 0 Å². The van der Waals surface area contributed by atoms with E-state index in [2.05, 4.69) is 6.58 Å². The molecule has 0 saturated heterocycles. The van der Waals surface area contributed by atoms with Gasteiger partial charge in [-0.25, -0.2) is 0 Å². The van der Waals surface area contributed by atoms with E-state index in [0.29, 0.717) is 23.1 Å². The number of hydrogen-bond acceptors (Lipinski definition) is 3. The molecule has 0 aliphatic heterocycles. The molecular weight excluding hydrogens is 328 g/mol. The molecule has 1 heterocycles. The fourth-order valence-electron chi connectivity index (χ4n) is 2.73. The molecule has 1 aromatic heterocycles. The molecule has 1 amide bonds. The second-order valence-corrected chi connectivity index (χ2v) is 5.86. The summed E-state index contributed by atoms with van der Waals surface area (Å²) in [5.74, 6) is 0.341. The van der Waals surface area contributed by atoms with E-state index < -0.39 is 0 Å². The van der Waals surface area contributed by atoms with Gasteiger partial charge in [0.25, 0.3) is 11.5 Å². The SMILES string of the molecule is C=CCn1ccc2c(OCC(=O)N(C)c3ccccc3)cccc2c1=O. The number of carbonyl (C=O) groups excluding carboxylic acids is 1. The van der Waals surface area contributed by atoms with Gasteiger partial charge in [0.2, 0.25) is 0 Å². The molecule has 0 atom stereocenters. The Morgan fingerprint density at radius 1 is 1.12 bits per heavy atom. The Morgan fingerprint density at radius 3 is 2.62 bits per heavy atom. The number of amides is 1. The molecule has 26 heavy (non-hydrogen) atoms. The Kier molecular flexibility index (Phi) is 5.17. The molecule has 132 valence electrons. The first-order valence-electron chi connectivity index (χ1n) is 8.29. The van der Waals surface area contributed by atoms with Crippen molar-refractivity contribution in [2.75, 3.05) is 18.6 Å². The number of allylic oxidation sites excluding steroid dienone is 1. The molecule has 0 N–H and O–H groups in total. The van der Waals surface area contributed by atoms with E-state index in [-0.39, 0.29) is 18.1 Å². The number of aromatic nitrogens is 1. The van der Waals surface area contributed by atoms with Crippen molar-refractivity contribution >= 4 is 22.4 Å². The number of nitrogens with zero attached hydrogens (tertiary/aromatic N) is 2. The maximum absolute atomic E-state index is 12.5. The molecule has 5 nitrogen and oxygen atoms in total. The van der Waals surface area contributed by atoms with Crippen LogP contribution in [0.15, 0.2) is 78.2 Å². The van der Waals surface area contributed by atoms with Crippen LogP contribution in [0.5, 0.6) is 5.75 Å². The molecular formula is C21H20N2O3. The topological polar surface area (TPSA) is 51.5 Å². The Balaban J connectivity index is 1.81. The Morgan fingerprint density at radius 2 is 1.88 bits per heavy atom. The van der Waals surface area contributed by atoms with Crippen molar-refractivity contribution in [1.82, 2.24) is 4.57 Å². The maximum atomic E-state index is 12.5. The van der Waals surface area contributed by atoms with Gasteiger partial charge < -0.3 is 14.2 Å². The van der Waals surface area contributed by atoms with Crippen molar-refractivity contribution in [2.24, 2.45) is 0 Å². The number of likely N-dealkylation sites (N-methyl/N-ethyl adjacent to an activating group) is 1. The molecule has 2 aromatic carbocycles. The average Bonchev–Trinajstić information content (AvgIpc) is 2.68. The predicted octanol–water partition coefficient (Wildman–Crippen LogP) is 3.23. The Hall–Kier alpha value is -3.34. The van der Waals surface area contributed by atoms with Crippen LogP contribution in [-0.2, 0) is 11.3 Å². The molecule has 0 unspecified atom stereocenters. The zero-order valence-electron chi connectivity index (χ0n) is 14.6. The van der Waals surface area contributed by atoms with Gasteiger partial charge in [0.1, 0.15) is 5.75 Å². The lowest BCUT2D eigenvalue weighted by Crippen LogP contribution is -2.31. The summed E-state index contributed by atoms with van der Waals surface area (Å²) in [5, 5.41) is 1.24. The molecule has 0 aliphatic carbocycles. The second-order valence-electron chi connectivity index (χ2n) is 5.86. The summed E-state index contributed by atoms with van der Waals surface area (Å²) in [6.07, 6.45) is 3.38. The van der Waals surface area contributed by atoms with Crippen molar-refractivity contribution in [3.63, 3.8) is 0 Å². The summed E-state index contributed by atoms with van der Waals surface area (Å²) < 4.78 is 7.30. The monoisotopic (exact) mass is 348 g/mol. The van der Waals surface area contributed by atoms with Crippen molar-refractivity contribution in [3.05, 3.63) is 83.8 Å². The minimum atomic E-state index is -0.173. The van der Waals surface area contributed by atoms with Crippen LogP contribution < -0.4 is 15.2 Å². The third-order valence-electron chi connectivity index (χ3n) is 4.17. The lowest BCUT2D eigenvalue weighted by atomic mass is 10.1. The van der Waals surface area contributed by atoms with Crippen LogP contribution in [0.1, 0.15) is 0 Å². The molecule has 0 saturated carbocycles. The number of carbonyl (C=O) groups is 1. The molecule has 0 bridgehead atoms. The van der Waals surface area contributed by atoms with Crippen LogP contribution in [-0.4, -0.2) is 24.1 Å². The summed E-state index contributed by atoms with van der Waals surface area (Å²) in [6.45, 7) is 3.99. The molecule has 0 spiro atoms. The van der Waals surface area contributed by atoms with Crippen LogP contribution in [0, 0.1) is 0 Å². The number of hydrogen-bond donors (Lipinski definition) is 0. The lowest BCUT2D eigenvalue weighted by Gasteiger charge is -2.18. The smallest absolute Gasteiger partial charge is 0.264 e. The van der Waals surface area contributed by atoms with Gasteiger partial charge in [-0.15, -0.1) is 6.58 Å². The van der Waals surface area contributed by atoms with Gasteiger partial charge in [0.15, 0.2) is 6.61 Å². The molecule has 0 fully saturated rings. The number of pyridine rings is 1. The number of ether oxygens (including phenoxy) is 1. The number of para-hydroxylation sites is 1. The number of fused-ring (bicyclic) bond motifs is 1. The van der Waals surface area contributed by atoms with E-state index >= 15 is 0 Å². The maximum Gasteiger partial charge on any atom is 0.264 e. The van der Waals surface area contributed by atoms with E-state index in [1.807, 2.05) is 36.4 Å². The van der Waals surface area contributed by atoms with Gasteiger partial charge in [-0.3, -0.25) is 9.59 Å². The second kappa shape index (κ2) is 7.70. The zero-order chi connectivity index (χ0) is 18.5. The molecule has 5 heteroatoms. The number of benzene rings is 2. The largest absolute Gasteiger partial charge is 0.483 e. The van der Waals surface area contributed by atoms with Gasteiger partial charge in [-0.2, -0.15) is 0 Å². The summed E-state index contributed by atoms with van der Waals surface area (Å²) >= 11 is 0. The fraction of sp³-hybridized carbons (Fsp3) is 0.143. The Labute approximate surface area is 151 Å². The van der Waals surface area contributed by atoms with E-state index in [4.69, 9.17) is 4.74 Å². The van der Waals surface area contributed by atoms with Crippen LogP contribution in [0.3, 0.4) is 0 Å². The minimum absolute atomic E-state index is 0.111. The highest BCUT2D eigenvalue weighted by molar-refractivity contribution is 5.94. The normalized spacial score (nSPS) is 10.5. The first-order valence-corrected chi connectivity index (χ1v) is 8.29. The highest BCUT2D eigenvalue weighted by atomic mass is 16.5. The lowest BCUT2D eigenvalue weighted by molar-refractivity contribution is -0.120. The van der Waals surface area contributed by atoms with Crippen LogP contribution in [0.25, 0.3) is 10.8 Å². The molecule has 3 rings (SSSR count). The van der Waals surface area contributed by atoms with E-state index in [9.17, 15) is 9.59 Å². The van der Waals surface area contributed by atoms with E-state index in [0.717, 1.165) is 5.69 Å². The zero-order valence-corrected chi connectivity index (χ0v) is 14.6. The highest BCUT2D eigenvalue weighted by Crippen LogP contribution is 2.23. The standard InChI is InChI=1S/C21H20N2O3/c1-3-13-23-14-12-17-18(21(23)25)10-7-11-19(17)26-15-20(24)22(2)16-8-5-4-6-9-16/h3-12,14H,1,13,15H2,2H3. The van der Waals surface area contributed by atoms with Crippen LogP contribution in [0.4, 0.5) is 5.69 Å². The Bertz CT molecular complexity index is 993. The van der Waals surface area contributed by atoms with Crippen molar-refractivity contribution in [3.8, 4) is 5.75 Å². The summed E-state index contributed by atoms with van der Waals surface area (Å²) in [4.78, 5) is 26.4. The summed E-state index contributed by atoms with van der Waals surface area (Å²) in [6, 6.07) is 16.4. The molecule has 3 aromatic rings. The van der Waals surface area contributed by atoms with Crippen LogP contribution >= 0.6 is 0 Å². The van der Waals surface area contributed by atoms with Gasteiger partial charge in [-0.05, 0) is 30.3 Å². The van der Waals surface area contributed by atoms with Gasteiger partial charge >= 0.3 is 0 Å². The minimum Gasteiger partial charge on any atom is -0.483 e. The highest BCUT2D eigenvalue weighted by Gasteiger charge is 2.13. The quantitative estimate of drug-likeness (QED) is 0.643. The third kappa shape index (κ3) is 3.52. The summed E-state index contributed by atoms with van der Waals surface area (Å²) in [7, 11) is 1.71. The number of rotatable bonds is 6. The summed E-state index contributed by atoms with van der Waals surface area (Å²) in [5.41, 5.74) is 0.687. The first kappa shape index (κ1) is 17.5. The fourth-order valence-corrected chi connectivity index (χ4v) is 2.73. The number of anilines is 1. The average molecular weight is 348 g/mol. The molecule has 0 aliphatic rings. The third-order valence-corrected chi connectivity index (χ3v) is 4.17. The predicted molar refractivity (Wildman–Crippen MR) is 104 cm³/mol. The first-order chi connectivity index (χ1) is 12.6. The van der Waals surface area contributed by atoms with Crippen molar-refractivity contribution in [1.29, 1.82) is 0 Å². The van der Waals surface area contributed by atoms with Gasteiger partial charge in [0.05, 0.1) is 5.39 Å². The van der Waals surface area contributed by atoms with Gasteiger partial charge in [0, 0.05) is 30.9 Å². The van der Waals surface area contributed by atoms with Crippen molar-refractivity contribution in [2.45, 2.75) is 6.54 Å². The van der Waals surface area contributed by atoms with Crippen molar-refractivity contribution < 1.29 is 9.53 Å². The van der Waals surface area contributed by atoms with E-state index in [1.165, 1.54) is 0 Å². The molecule has 0 radical (unpaired) electrons. The van der Waals surface area contributed by atoms with Gasteiger partial charge in [-0.1, -0.05) is 30.3 Å². The van der Waals surface area contributed by atoms with E-state index in [1.54, 1.807) is 47.0 Å².